The quantitative estimate of drug-likeness (QED) is 0.569. The smallest absolute Gasteiger partial charge is 0.225 e. The number of anilines is 1. The molecule has 1 heterocycles. The van der Waals surface area contributed by atoms with E-state index in [9.17, 15) is 9.90 Å². The van der Waals surface area contributed by atoms with E-state index in [-0.39, 0.29) is 35.0 Å². The summed E-state index contributed by atoms with van der Waals surface area (Å²) in [6, 6.07) is 0. The van der Waals surface area contributed by atoms with Crippen molar-refractivity contribution in [2.75, 3.05) is 25.0 Å². The third-order valence-electron chi connectivity index (χ3n) is 7.84. The Morgan fingerprint density at radius 3 is 2.70 bits per heavy atom. The maximum atomic E-state index is 13.0. The Balaban J connectivity index is 1.81. The van der Waals surface area contributed by atoms with E-state index in [1.165, 1.54) is 17.0 Å². The number of aromatic nitrogens is 1. The number of thiazole rings is 1. The van der Waals surface area contributed by atoms with Crippen LogP contribution < -0.4 is 5.32 Å². The molecule has 0 bridgehead atoms. The number of nitrogens with one attached hydrogen (secondary N) is 1. The van der Waals surface area contributed by atoms with Gasteiger partial charge >= 0.3 is 0 Å². The van der Waals surface area contributed by atoms with Crippen molar-refractivity contribution in [3.05, 3.63) is 10.6 Å². The maximum absolute atomic E-state index is 13.0. The van der Waals surface area contributed by atoms with Crippen molar-refractivity contribution in [3.63, 3.8) is 0 Å². The molecule has 0 radical (unpaired) electrons. The van der Waals surface area contributed by atoms with Crippen LogP contribution in [0.3, 0.4) is 0 Å². The van der Waals surface area contributed by atoms with Crippen LogP contribution in [0.25, 0.3) is 0 Å². The maximum Gasteiger partial charge on any atom is 0.225 e. The number of fused-ring (bicyclic) bond motifs is 2. The molecule has 3 rings (SSSR count). The molecule has 0 aliphatic heterocycles. The average Bonchev–Trinajstić information content (AvgIpc) is 3.11. The van der Waals surface area contributed by atoms with E-state index in [2.05, 4.69) is 26.1 Å². The zero-order valence-electron chi connectivity index (χ0n) is 19.7. The Hall–Kier alpha value is -1.14. The molecule has 0 aromatic carbocycles. The molecule has 170 valence electrons. The summed E-state index contributed by atoms with van der Waals surface area (Å²) in [4.78, 5) is 21.2. The standard InChI is InChI=1S/C24H41N3O2S/c1-7-10-13-25-23-26-20-16(5)19-21(28)17(15(4)22(29)27(8-2)9-3)11-12-24(19,6)14-18(20)30-23/h15-17,19,21,28H,7-14H2,1-6H3,(H,25,26)/t15-,16-,17?,19+,21-,24-/m0/s1. The molecule has 5 nitrogen and oxygen atoms in total. The number of aliphatic hydroxyl groups excluding tert-OH is 1. The van der Waals surface area contributed by atoms with Crippen molar-refractivity contribution in [3.8, 4) is 0 Å². The molecule has 2 aliphatic rings. The minimum atomic E-state index is -0.459. The molecule has 1 saturated carbocycles. The number of nitrogens with zero attached hydrogens (tertiary/aromatic N) is 2. The van der Waals surface area contributed by atoms with Gasteiger partial charge < -0.3 is 15.3 Å². The fourth-order valence-corrected chi connectivity index (χ4v) is 7.29. The highest BCUT2D eigenvalue weighted by Gasteiger charge is 2.54. The van der Waals surface area contributed by atoms with Crippen LogP contribution in [0.15, 0.2) is 0 Å². The lowest BCUT2D eigenvalue weighted by molar-refractivity contribution is -0.144. The van der Waals surface area contributed by atoms with Crippen LogP contribution in [0.2, 0.25) is 0 Å². The molecule has 1 amide bonds. The van der Waals surface area contributed by atoms with Crippen LogP contribution in [0.4, 0.5) is 5.13 Å². The second kappa shape index (κ2) is 9.56. The molecule has 1 aromatic heterocycles. The van der Waals surface area contributed by atoms with E-state index >= 15 is 0 Å². The summed E-state index contributed by atoms with van der Waals surface area (Å²) in [6.07, 6.45) is 4.85. The van der Waals surface area contributed by atoms with Gasteiger partial charge in [0.1, 0.15) is 0 Å². The van der Waals surface area contributed by atoms with Crippen molar-refractivity contribution < 1.29 is 9.90 Å². The van der Waals surface area contributed by atoms with Gasteiger partial charge in [-0.05, 0) is 56.8 Å². The second-order valence-electron chi connectivity index (χ2n) is 9.75. The van der Waals surface area contributed by atoms with Crippen LogP contribution in [-0.2, 0) is 11.2 Å². The number of aliphatic hydroxyl groups is 1. The van der Waals surface area contributed by atoms with E-state index in [1.54, 1.807) is 11.3 Å². The highest BCUT2D eigenvalue weighted by molar-refractivity contribution is 7.15. The molecular weight excluding hydrogens is 394 g/mol. The molecule has 1 fully saturated rings. The number of hydrogen-bond donors (Lipinski definition) is 2. The fourth-order valence-electron chi connectivity index (χ4n) is 6.00. The van der Waals surface area contributed by atoms with Gasteiger partial charge in [-0.3, -0.25) is 4.79 Å². The van der Waals surface area contributed by atoms with Gasteiger partial charge in [0.15, 0.2) is 5.13 Å². The van der Waals surface area contributed by atoms with Crippen LogP contribution in [0.5, 0.6) is 0 Å². The summed E-state index contributed by atoms with van der Waals surface area (Å²) in [5, 5.41) is 16.1. The summed E-state index contributed by atoms with van der Waals surface area (Å²) in [5.41, 5.74) is 1.25. The van der Waals surface area contributed by atoms with Gasteiger partial charge in [0, 0.05) is 36.3 Å². The fraction of sp³-hybridized carbons (Fsp3) is 0.833. The summed E-state index contributed by atoms with van der Waals surface area (Å²) >= 11 is 1.80. The van der Waals surface area contributed by atoms with Crippen molar-refractivity contribution in [1.82, 2.24) is 9.88 Å². The van der Waals surface area contributed by atoms with Crippen molar-refractivity contribution in [2.45, 2.75) is 85.7 Å². The van der Waals surface area contributed by atoms with Crippen molar-refractivity contribution in [1.29, 1.82) is 0 Å². The normalized spacial score (nSPS) is 31.6. The first-order chi connectivity index (χ1) is 14.3. The molecule has 6 heteroatoms. The summed E-state index contributed by atoms with van der Waals surface area (Å²) < 4.78 is 0. The van der Waals surface area contributed by atoms with Crippen LogP contribution in [0.1, 0.15) is 83.7 Å². The largest absolute Gasteiger partial charge is 0.392 e. The number of hydrogen-bond acceptors (Lipinski definition) is 5. The van der Waals surface area contributed by atoms with Gasteiger partial charge in [0.25, 0.3) is 0 Å². The Bertz CT molecular complexity index is 732. The topological polar surface area (TPSA) is 65.5 Å². The summed E-state index contributed by atoms with van der Waals surface area (Å²) in [7, 11) is 0. The highest BCUT2D eigenvalue weighted by Crippen LogP contribution is 2.57. The SMILES string of the molecule is CCCCNc1nc2c(s1)C[C@]1(C)CCC([C@H](C)C(=O)N(CC)CC)[C@H](O)[C@H]1[C@@H]2C. The Labute approximate surface area is 186 Å². The molecule has 6 atom stereocenters. The number of carbonyl (C=O) groups is 1. The minimum absolute atomic E-state index is 0.0287. The lowest BCUT2D eigenvalue weighted by Crippen LogP contribution is -2.53. The van der Waals surface area contributed by atoms with Crippen LogP contribution in [0, 0.1) is 23.2 Å². The monoisotopic (exact) mass is 435 g/mol. The zero-order chi connectivity index (χ0) is 22.1. The van der Waals surface area contributed by atoms with E-state index in [0.717, 1.165) is 50.4 Å². The first-order valence-corrected chi connectivity index (χ1v) is 12.8. The number of carbonyl (C=O) groups excluding carboxylic acids is 1. The van der Waals surface area contributed by atoms with E-state index in [1.807, 2.05) is 25.7 Å². The van der Waals surface area contributed by atoms with Gasteiger partial charge in [-0.25, -0.2) is 4.98 Å². The predicted molar refractivity (Wildman–Crippen MR) is 125 cm³/mol. The van der Waals surface area contributed by atoms with E-state index < -0.39 is 6.10 Å². The molecule has 2 aliphatic carbocycles. The van der Waals surface area contributed by atoms with Gasteiger partial charge in [-0.2, -0.15) is 0 Å². The average molecular weight is 436 g/mol. The summed E-state index contributed by atoms with van der Waals surface area (Å²) in [5.74, 6) is 0.445. The molecule has 0 saturated heterocycles. The number of amides is 1. The molecule has 30 heavy (non-hydrogen) atoms. The van der Waals surface area contributed by atoms with E-state index in [0.29, 0.717) is 0 Å². The lowest BCUT2D eigenvalue weighted by atomic mass is 9.53. The third-order valence-corrected chi connectivity index (χ3v) is 8.86. The molecule has 1 aromatic rings. The molecule has 0 spiro atoms. The Kier molecular flexibility index (Phi) is 7.49. The van der Waals surface area contributed by atoms with Gasteiger partial charge in [-0.15, -0.1) is 11.3 Å². The predicted octanol–water partition coefficient (Wildman–Crippen LogP) is 4.91. The minimum Gasteiger partial charge on any atom is -0.392 e. The summed E-state index contributed by atoms with van der Waals surface area (Å²) in [6.45, 7) is 15.3. The molecular formula is C24H41N3O2S. The van der Waals surface area contributed by atoms with Crippen LogP contribution >= 0.6 is 11.3 Å². The zero-order valence-corrected chi connectivity index (χ0v) is 20.5. The third kappa shape index (κ3) is 4.27. The second-order valence-corrected chi connectivity index (χ2v) is 10.8. The van der Waals surface area contributed by atoms with Gasteiger partial charge in [0.05, 0.1) is 11.8 Å². The van der Waals surface area contributed by atoms with Gasteiger partial charge in [-0.1, -0.05) is 34.1 Å². The Morgan fingerprint density at radius 2 is 2.07 bits per heavy atom. The Morgan fingerprint density at radius 1 is 1.37 bits per heavy atom. The molecule has 2 N–H and O–H groups in total. The van der Waals surface area contributed by atoms with Crippen LogP contribution in [-0.4, -0.2) is 46.6 Å². The first kappa shape index (κ1) is 23.5. The van der Waals surface area contributed by atoms with Gasteiger partial charge in [0.2, 0.25) is 5.91 Å². The van der Waals surface area contributed by atoms with Crippen molar-refractivity contribution >= 4 is 22.4 Å². The van der Waals surface area contributed by atoms with E-state index in [4.69, 9.17) is 4.98 Å². The lowest BCUT2D eigenvalue weighted by Gasteiger charge is -2.53. The number of rotatable bonds is 8. The first-order valence-electron chi connectivity index (χ1n) is 12.0. The highest BCUT2D eigenvalue weighted by atomic mass is 32.1. The number of unbranched alkanes of at least 4 members (excludes halogenated alkanes) is 1. The molecule has 1 unspecified atom stereocenters. The van der Waals surface area contributed by atoms with Crippen molar-refractivity contribution in [2.24, 2.45) is 23.2 Å².